The van der Waals surface area contributed by atoms with Crippen LogP contribution in [0.1, 0.15) is 36.9 Å². The number of nitrogens with one attached hydrogen (secondary N) is 1. The highest BCUT2D eigenvalue weighted by molar-refractivity contribution is 7.89. The van der Waals surface area contributed by atoms with Gasteiger partial charge in [0.1, 0.15) is 0 Å². The second-order valence-corrected chi connectivity index (χ2v) is 9.02. The monoisotopic (exact) mass is 386 g/mol. The molecule has 6 heteroatoms. The Labute approximate surface area is 161 Å². The number of rotatable bonds is 5. The van der Waals surface area contributed by atoms with Gasteiger partial charge >= 0.3 is 0 Å². The zero-order chi connectivity index (χ0) is 19.4. The fraction of sp³-hybridized carbons (Fsp3) is 0.381. The van der Waals surface area contributed by atoms with E-state index in [0.29, 0.717) is 30.8 Å². The molecule has 1 aliphatic heterocycles. The lowest BCUT2D eigenvalue weighted by Crippen LogP contribution is -2.43. The molecule has 27 heavy (non-hydrogen) atoms. The molecule has 1 N–H and O–H groups in total. The van der Waals surface area contributed by atoms with Crippen LogP contribution in [0.5, 0.6) is 0 Å². The summed E-state index contributed by atoms with van der Waals surface area (Å²) in [4.78, 5) is 12.9. The zero-order valence-electron chi connectivity index (χ0n) is 15.8. The van der Waals surface area contributed by atoms with Gasteiger partial charge in [-0.15, -0.1) is 0 Å². The molecule has 3 rings (SSSR count). The number of sulfonamides is 1. The molecule has 1 fully saturated rings. The minimum absolute atomic E-state index is 0.00233. The maximum atomic E-state index is 12.7. The minimum Gasteiger partial charge on any atom is -0.349 e. The predicted octanol–water partition coefficient (Wildman–Crippen LogP) is 3.27. The van der Waals surface area contributed by atoms with Crippen LogP contribution in [0, 0.1) is 12.8 Å². The first-order valence-electron chi connectivity index (χ1n) is 9.30. The van der Waals surface area contributed by atoms with Gasteiger partial charge in [-0.05, 0) is 49.9 Å². The van der Waals surface area contributed by atoms with Crippen LogP contribution in [-0.4, -0.2) is 31.7 Å². The van der Waals surface area contributed by atoms with Gasteiger partial charge in [-0.1, -0.05) is 42.5 Å². The van der Waals surface area contributed by atoms with E-state index < -0.39 is 10.0 Å². The topological polar surface area (TPSA) is 66.5 Å². The van der Waals surface area contributed by atoms with Gasteiger partial charge in [0, 0.05) is 19.0 Å². The highest BCUT2D eigenvalue weighted by atomic mass is 32.2. The van der Waals surface area contributed by atoms with E-state index >= 15 is 0 Å². The van der Waals surface area contributed by atoms with Gasteiger partial charge in [-0.3, -0.25) is 4.79 Å². The summed E-state index contributed by atoms with van der Waals surface area (Å²) in [6, 6.07) is 16.4. The molecule has 144 valence electrons. The van der Waals surface area contributed by atoms with Gasteiger partial charge in [-0.2, -0.15) is 4.31 Å². The molecule has 1 amide bonds. The van der Waals surface area contributed by atoms with Crippen molar-refractivity contribution < 1.29 is 13.2 Å². The zero-order valence-corrected chi connectivity index (χ0v) is 16.6. The van der Waals surface area contributed by atoms with Gasteiger partial charge in [0.25, 0.3) is 0 Å². The van der Waals surface area contributed by atoms with E-state index in [1.54, 1.807) is 30.3 Å². The fourth-order valence-corrected chi connectivity index (χ4v) is 5.07. The molecular weight excluding hydrogens is 360 g/mol. The van der Waals surface area contributed by atoms with Crippen molar-refractivity contribution in [2.24, 2.45) is 5.92 Å². The number of benzene rings is 2. The normalized spacial score (nSPS) is 17.4. The number of hydrogen-bond acceptors (Lipinski definition) is 3. The minimum atomic E-state index is -3.48. The third-order valence-electron chi connectivity index (χ3n) is 5.22. The number of carbonyl (C=O) groups is 1. The van der Waals surface area contributed by atoms with E-state index in [9.17, 15) is 13.2 Å². The smallest absolute Gasteiger partial charge is 0.243 e. The Bertz CT molecular complexity index is 889. The predicted molar refractivity (Wildman–Crippen MR) is 106 cm³/mol. The molecule has 0 saturated carbocycles. The molecule has 1 saturated heterocycles. The van der Waals surface area contributed by atoms with E-state index in [4.69, 9.17) is 0 Å². The summed E-state index contributed by atoms with van der Waals surface area (Å²) < 4.78 is 26.9. The summed E-state index contributed by atoms with van der Waals surface area (Å²) in [5.74, 6) is -0.152. The van der Waals surface area contributed by atoms with E-state index in [0.717, 1.165) is 11.1 Å². The number of nitrogens with zero attached hydrogens (tertiary/aromatic N) is 1. The molecule has 0 aromatic heterocycles. The third-order valence-corrected chi connectivity index (χ3v) is 7.13. The Hall–Kier alpha value is -2.18. The molecule has 1 aliphatic rings. The Morgan fingerprint density at radius 1 is 1.04 bits per heavy atom. The number of piperidine rings is 1. The van der Waals surface area contributed by atoms with Crippen molar-refractivity contribution in [3.63, 3.8) is 0 Å². The van der Waals surface area contributed by atoms with Gasteiger partial charge in [-0.25, -0.2) is 8.42 Å². The van der Waals surface area contributed by atoms with Gasteiger partial charge in [0.15, 0.2) is 0 Å². The molecule has 0 radical (unpaired) electrons. The highest BCUT2D eigenvalue weighted by Gasteiger charge is 2.32. The summed E-state index contributed by atoms with van der Waals surface area (Å²) in [5, 5.41) is 3.09. The average molecular weight is 387 g/mol. The van der Waals surface area contributed by atoms with Crippen molar-refractivity contribution in [1.29, 1.82) is 0 Å². The van der Waals surface area contributed by atoms with Crippen LogP contribution in [-0.2, 0) is 14.8 Å². The van der Waals surface area contributed by atoms with E-state index in [-0.39, 0.29) is 17.9 Å². The molecule has 0 spiro atoms. The van der Waals surface area contributed by atoms with Gasteiger partial charge in [0.2, 0.25) is 15.9 Å². The van der Waals surface area contributed by atoms with E-state index in [1.165, 1.54) is 4.31 Å². The van der Waals surface area contributed by atoms with Crippen molar-refractivity contribution in [3.05, 3.63) is 65.7 Å². The molecule has 1 heterocycles. The summed E-state index contributed by atoms with van der Waals surface area (Å²) >= 11 is 0. The molecule has 0 bridgehead atoms. The molecule has 1 unspecified atom stereocenters. The van der Waals surface area contributed by atoms with Crippen LogP contribution in [0.4, 0.5) is 0 Å². The summed E-state index contributed by atoms with van der Waals surface area (Å²) in [5.41, 5.74) is 2.25. The Balaban J connectivity index is 1.59. The fourth-order valence-electron chi connectivity index (χ4n) is 3.58. The number of hydrogen-bond donors (Lipinski definition) is 1. The van der Waals surface area contributed by atoms with Crippen molar-refractivity contribution in [2.45, 2.75) is 37.6 Å². The molecule has 2 aromatic carbocycles. The summed E-state index contributed by atoms with van der Waals surface area (Å²) in [7, 11) is -3.48. The second-order valence-electron chi connectivity index (χ2n) is 7.08. The first kappa shape index (κ1) is 19.6. The molecule has 5 nitrogen and oxygen atoms in total. The lowest BCUT2D eigenvalue weighted by molar-refractivity contribution is -0.126. The second kappa shape index (κ2) is 8.23. The first-order valence-corrected chi connectivity index (χ1v) is 10.7. The lowest BCUT2D eigenvalue weighted by Gasteiger charge is -2.31. The van der Waals surface area contributed by atoms with Crippen LogP contribution in [0.25, 0.3) is 0 Å². The van der Waals surface area contributed by atoms with Crippen molar-refractivity contribution in [3.8, 4) is 0 Å². The largest absolute Gasteiger partial charge is 0.349 e. The Kier molecular flexibility index (Phi) is 5.97. The van der Waals surface area contributed by atoms with Gasteiger partial charge < -0.3 is 5.32 Å². The van der Waals surface area contributed by atoms with Crippen LogP contribution in [0.3, 0.4) is 0 Å². The van der Waals surface area contributed by atoms with Crippen LogP contribution in [0.2, 0.25) is 0 Å². The van der Waals surface area contributed by atoms with Crippen LogP contribution < -0.4 is 5.32 Å². The standard InChI is InChI=1S/C21H26N2O3S/c1-16-8-6-7-11-20(16)17(2)22-21(24)18-12-14-23(15-13-18)27(25,26)19-9-4-3-5-10-19/h3-11,17-18H,12-15H2,1-2H3,(H,22,24). The first-order chi connectivity index (χ1) is 12.9. The van der Waals surface area contributed by atoms with Crippen LogP contribution in [0.15, 0.2) is 59.5 Å². The lowest BCUT2D eigenvalue weighted by atomic mass is 9.96. The van der Waals surface area contributed by atoms with Crippen molar-refractivity contribution >= 4 is 15.9 Å². The maximum absolute atomic E-state index is 12.7. The Morgan fingerprint density at radius 2 is 1.63 bits per heavy atom. The third kappa shape index (κ3) is 4.39. The highest BCUT2D eigenvalue weighted by Crippen LogP contribution is 2.25. The van der Waals surface area contributed by atoms with Crippen molar-refractivity contribution in [2.75, 3.05) is 13.1 Å². The SMILES string of the molecule is Cc1ccccc1C(C)NC(=O)C1CCN(S(=O)(=O)c2ccccc2)CC1. The molecule has 1 atom stereocenters. The quantitative estimate of drug-likeness (QED) is 0.858. The molecule has 2 aromatic rings. The summed E-state index contributed by atoms with van der Waals surface area (Å²) in [6.07, 6.45) is 1.08. The van der Waals surface area contributed by atoms with E-state index in [1.807, 2.05) is 38.1 Å². The molecular formula is C21H26N2O3S. The number of amides is 1. The van der Waals surface area contributed by atoms with Gasteiger partial charge in [0.05, 0.1) is 10.9 Å². The summed E-state index contributed by atoms with van der Waals surface area (Å²) in [6.45, 7) is 4.75. The maximum Gasteiger partial charge on any atom is 0.243 e. The molecule has 0 aliphatic carbocycles. The van der Waals surface area contributed by atoms with Crippen molar-refractivity contribution in [1.82, 2.24) is 9.62 Å². The number of carbonyl (C=O) groups excluding carboxylic acids is 1. The average Bonchev–Trinajstić information content (AvgIpc) is 2.69. The van der Waals surface area contributed by atoms with E-state index in [2.05, 4.69) is 5.32 Å². The number of aryl methyl sites for hydroxylation is 1. The Morgan fingerprint density at radius 3 is 2.26 bits per heavy atom. The van der Waals surface area contributed by atoms with Crippen LogP contribution >= 0.6 is 0 Å².